The van der Waals surface area contributed by atoms with Gasteiger partial charge in [-0.15, -0.1) is 0 Å². The van der Waals surface area contributed by atoms with Crippen molar-refractivity contribution in [3.63, 3.8) is 0 Å². The molecule has 0 saturated heterocycles. The average Bonchev–Trinajstić information content (AvgIpc) is 2.82. The van der Waals surface area contributed by atoms with E-state index in [1.807, 2.05) is 0 Å². The van der Waals surface area contributed by atoms with E-state index in [4.69, 9.17) is 13.9 Å². The predicted molar refractivity (Wildman–Crippen MR) is 55.0 cm³/mol. The highest BCUT2D eigenvalue weighted by Crippen LogP contribution is 2.13. The average molecular weight is 226 g/mol. The highest BCUT2D eigenvalue weighted by Gasteiger charge is 2.30. The van der Waals surface area contributed by atoms with Crippen molar-refractivity contribution in [2.24, 2.45) is 5.92 Å². The fourth-order valence-electron chi connectivity index (χ4n) is 1.29. The first-order valence-corrected chi connectivity index (χ1v) is 4.78. The molecule has 88 valence electrons. The Morgan fingerprint density at radius 1 is 1.31 bits per heavy atom. The molecule has 1 unspecified atom stereocenters. The molecule has 0 radical (unpaired) electrons. The van der Waals surface area contributed by atoms with Gasteiger partial charge in [0.2, 0.25) is 12.1 Å². The Hall–Kier alpha value is -1.46. The molecule has 1 aromatic heterocycles. The number of hydrogen-bond acceptors (Lipinski definition) is 5. The third-order valence-corrected chi connectivity index (χ3v) is 2.24. The summed E-state index contributed by atoms with van der Waals surface area (Å²) in [6.45, 7) is 1.50. The van der Waals surface area contributed by atoms with E-state index in [0.717, 1.165) is 0 Å². The van der Waals surface area contributed by atoms with E-state index in [-0.39, 0.29) is 11.5 Å². The molecule has 0 spiro atoms. The van der Waals surface area contributed by atoms with E-state index in [1.165, 1.54) is 33.5 Å². The number of carbonyl (C=O) groups excluding carboxylic acids is 2. The summed E-state index contributed by atoms with van der Waals surface area (Å²) in [5, 5.41) is 0. The Bertz CT molecular complexity index is 350. The van der Waals surface area contributed by atoms with Gasteiger partial charge in [-0.25, -0.2) is 0 Å². The molecule has 1 heterocycles. The van der Waals surface area contributed by atoms with E-state index in [0.29, 0.717) is 0 Å². The quantitative estimate of drug-likeness (QED) is 0.415. The second kappa shape index (κ2) is 5.58. The molecule has 0 amide bonds. The number of methoxy groups -OCH3 is 2. The van der Waals surface area contributed by atoms with Gasteiger partial charge in [0, 0.05) is 14.2 Å². The molecule has 1 atom stereocenters. The minimum absolute atomic E-state index is 0.159. The second-order valence-electron chi connectivity index (χ2n) is 3.27. The van der Waals surface area contributed by atoms with Gasteiger partial charge in [-0.3, -0.25) is 9.59 Å². The molecule has 5 nitrogen and oxygen atoms in total. The molecule has 1 aromatic rings. The number of hydrogen-bond donors (Lipinski definition) is 0. The summed E-state index contributed by atoms with van der Waals surface area (Å²) in [6.07, 6.45) is 0.364. The molecule has 0 bridgehead atoms. The van der Waals surface area contributed by atoms with Crippen LogP contribution in [0.2, 0.25) is 0 Å². The molecular formula is C11H14O5. The van der Waals surface area contributed by atoms with Gasteiger partial charge in [0.25, 0.3) is 0 Å². The first kappa shape index (κ1) is 12.6. The Balaban J connectivity index is 2.74. The van der Waals surface area contributed by atoms with E-state index in [9.17, 15) is 9.59 Å². The Morgan fingerprint density at radius 2 is 1.94 bits per heavy atom. The van der Waals surface area contributed by atoms with Crippen LogP contribution in [0.25, 0.3) is 0 Å². The van der Waals surface area contributed by atoms with E-state index >= 15 is 0 Å². The molecule has 0 aliphatic heterocycles. The number of Topliss-reactive ketones (excluding diaryl/α,β-unsaturated/α-hetero) is 2. The zero-order valence-corrected chi connectivity index (χ0v) is 9.43. The molecule has 0 saturated carbocycles. The van der Waals surface area contributed by atoms with E-state index in [1.54, 1.807) is 6.07 Å². The Morgan fingerprint density at radius 3 is 2.38 bits per heavy atom. The van der Waals surface area contributed by atoms with E-state index in [2.05, 4.69) is 0 Å². The van der Waals surface area contributed by atoms with Crippen molar-refractivity contribution < 1.29 is 23.5 Å². The van der Waals surface area contributed by atoms with Crippen LogP contribution >= 0.6 is 0 Å². The maximum absolute atomic E-state index is 11.8. The molecule has 0 aliphatic rings. The standard InChI is InChI=1S/C11H14O5/c1-7(10(13)11(14-2)15-3)9(12)8-5-4-6-16-8/h4-7,11H,1-3H3. The lowest BCUT2D eigenvalue weighted by Crippen LogP contribution is -2.34. The van der Waals surface area contributed by atoms with Crippen molar-refractivity contribution in [1.82, 2.24) is 0 Å². The van der Waals surface area contributed by atoms with Crippen LogP contribution in [-0.4, -0.2) is 32.1 Å². The highest BCUT2D eigenvalue weighted by molar-refractivity contribution is 6.09. The van der Waals surface area contributed by atoms with E-state index < -0.39 is 18.0 Å². The van der Waals surface area contributed by atoms with Crippen LogP contribution in [-0.2, 0) is 14.3 Å². The topological polar surface area (TPSA) is 65.7 Å². The fourth-order valence-corrected chi connectivity index (χ4v) is 1.29. The number of ketones is 2. The van der Waals surface area contributed by atoms with Gasteiger partial charge in [0.1, 0.15) is 0 Å². The third kappa shape index (κ3) is 2.56. The molecular weight excluding hydrogens is 212 g/mol. The lowest BCUT2D eigenvalue weighted by atomic mass is 9.99. The second-order valence-corrected chi connectivity index (χ2v) is 3.27. The lowest BCUT2D eigenvalue weighted by Gasteiger charge is -2.15. The Kier molecular flexibility index (Phi) is 4.39. The van der Waals surface area contributed by atoms with Crippen molar-refractivity contribution in [2.75, 3.05) is 14.2 Å². The van der Waals surface area contributed by atoms with Gasteiger partial charge < -0.3 is 13.9 Å². The predicted octanol–water partition coefficient (Wildman–Crippen LogP) is 1.29. The molecule has 5 heteroatoms. The Labute approximate surface area is 93.3 Å². The first-order chi connectivity index (χ1) is 7.61. The summed E-state index contributed by atoms with van der Waals surface area (Å²) in [4.78, 5) is 23.5. The van der Waals surface area contributed by atoms with Crippen LogP contribution in [0.3, 0.4) is 0 Å². The minimum Gasteiger partial charge on any atom is -0.461 e. The summed E-state index contributed by atoms with van der Waals surface area (Å²) in [5.41, 5.74) is 0. The van der Waals surface area contributed by atoms with Crippen LogP contribution in [0.4, 0.5) is 0 Å². The number of furan rings is 1. The molecule has 0 aliphatic carbocycles. The van der Waals surface area contributed by atoms with Gasteiger partial charge in [-0.1, -0.05) is 0 Å². The normalized spacial score (nSPS) is 12.8. The van der Waals surface area contributed by atoms with Gasteiger partial charge >= 0.3 is 0 Å². The zero-order valence-electron chi connectivity index (χ0n) is 9.43. The minimum atomic E-state index is -1.02. The monoisotopic (exact) mass is 226 g/mol. The number of carbonyl (C=O) groups is 2. The molecule has 16 heavy (non-hydrogen) atoms. The van der Waals surface area contributed by atoms with Crippen molar-refractivity contribution in [3.8, 4) is 0 Å². The summed E-state index contributed by atoms with van der Waals surface area (Å²) >= 11 is 0. The van der Waals surface area contributed by atoms with Crippen molar-refractivity contribution in [2.45, 2.75) is 13.2 Å². The first-order valence-electron chi connectivity index (χ1n) is 4.78. The third-order valence-electron chi connectivity index (χ3n) is 2.24. The smallest absolute Gasteiger partial charge is 0.218 e. The van der Waals surface area contributed by atoms with Gasteiger partial charge in [-0.05, 0) is 19.1 Å². The van der Waals surface area contributed by atoms with Gasteiger partial charge in [-0.2, -0.15) is 0 Å². The lowest BCUT2D eigenvalue weighted by molar-refractivity contribution is -0.158. The van der Waals surface area contributed by atoms with Gasteiger partial charge in [0.05, 0.1) is 12.2 Å². The van der Waals surface area contributed by atoms with Crippen molar-refractivity contribution >= 4 is 11.6 Å². The maximum Gasteiger partial charge on any atom is 0.218 e. The fraction of sp³-hybridized carbons (Fsp3) is 0.455. The molecule has 1 rings (SSSR count). The summed E-state index contributed by atoms with van der Waals surface area (Å²) in [5.74, 6) is -1.50. The van der Waals surface area contributed by atoms with Crippen molar-refractivity contribution in [3.05, 3.63) is 24.2 Å². The van der Waals surface area contributed by atoms with Crippen LogP contribution < -0.4 is 0 Å². The van der Waals surface area contributed by atoms with Crippen LogP contribution in [0.15, 0.2) is 22.8 Å². The summed E-state index contributed by atoms with van der Waals surface area (Å²) < 4.78 is 14.5. The molecule has 0 fully saturated rings. The summed E-state index contributed by atoms with van der Waals surface area (Å²) in [6, 6.07) is 3.11. The highest BCUT2D eigenvalue weighted by atomic mass is 16.7. The van der Waals surface area contributed by atoms with Gasteiger partial charge in [0.15, 0.2) is 11.5 Å². The largest absolute Gasteiger partial charge is 0.461 e. The van der Waals surface area contributed by atoms with Crippen LogP contribution in [0.1, 0.15) is 17.5 Å². The molecule has 0 N–H and O–H groups in total. The maximum atomic E-state index is 11.8. The van der Waals surface area contributed by atoms with Crippen LogP contribution in [0.5, 0.6) is 0 Å². The van der Waals surface area contributed by atoms with Crippen molar-refractivity contribution in [1.29, 1.82) is 0 Å². The summed E-state index contributed by atoms with van der Waals surface area (Å²) in [7, 11) is 2.69. The SMILES string of the molecule is COC(OC)C(=O)C(C)C(=O)c1ccco1. The molecule has 0 aromatic carbocycles. The zero-order chi connectivity index (χ0) is 12.1. The van der Waals surface area contributed by atoms with Crippen LogP contribution in [0, 0.1) is 5.92 Å². The number of rotatable bonds is 6. The number of ether oxygens (including phenoxy) is 2.